The molecule has 0 bridgehead atoms. The zero-order valence-electron chi connectivity index (χ0n) is 25.0. The minimum Gasteiger partial charge on any atom is -0.496 e. The summed E-state index contributed by atoms with van der Waals surface area (Å²) in [6.07, 6.45) is 3.43. The number of aryl methyl sites for hydroxylation is 1. The second-order valence-corrected chi connectivity index (χ2v) is 9.23. The van der Waals surface area contributed by atoms with Crippen molar-refractivity contribution in [1.82, 2.24) is 19.4 Å². The van der Waals surface area contributed by atoms with E-state index < -0.39 is 18.7 Å². The van der Waals surface area contributed by atoms with Gasteiger partial charge in [0.1, 0.15) is 11.6 Å². The molecule has 38 heavy (non-hydrogen) atoms. The fourth-order valence-corrected chi connectivity index (χ4v) is 4.21. The van der Waals surface area contributed by atoms with Gasteiger partial charge in [-0.2, -0.15) is 0 Å². The van der Waals surface area contributed by atoms with E-state index >= 15 is 0 Å². The number of methoxy groups -OCH3 is 1. The van der Waals surface area contributed by atoms with Crippen LogP contribution in [0.1, 0.15) is 15.5 Å². The number of hydrogen-bond acceptors (Lipinski definition) is 6. The quantitative estimate of drug-likeness (QED) is 0.307. The van der Waals surface area contributed by atoms with E-state index in [1.165, 1.54) is 4.57 Å². The summed E-state index contributed by atoms with van der Waals surface area (Å²) in [4.78, 5) is 25.4. The molecule has 2 aromatic carbocycles. The van der Waals surface area contributed by atoms with Crippen LogP contribution in [0.15, 0.2) is 67.3 Å². The summed E-state index contributed by atoms with van der Waals surface area (Å²) in [6.45, 7) is 2.15. The number of aromatic nitrogens is 3. The Bertz CT molecular complexity index is 1580. The molecule has 0 atom stereocenters. The Hall–Kier alpha value is -4.24. The van der Waals surface area contributed by atoms with Gasteiger partial charge in [-0.3, -0.25) is 4.79 Å². The monoisotopic (exact) mass is 519 g/mol. The summed E-state index contributed by atoms with van der Waals surface area (Å²) >= 11 is 0. The lowest BCUT2D eigenvalue weighted by Gasteiger charge is -2.26. The predicted molar refractivity (Wildman–Crippen MR) is 150 cm³/mol. The van der Waals surface area contributed by atoms with Crippen LogP contribution in [-0.4, -0.2) is 66.7 Å². The SMILES string of the molecule is [2H]C([2H])([2H])n1cc(-c2ccnc(Cc3cc(NC(=O)C(=C)F)c(N(C)CCN(C)C)cc3OC)n2)c2ccccc21. The number of nitrogens with one attached hydrogen (secondary N) is 1. The second kappa shape index (κ2) is 11.4. The zero-order chi connectivity index (χ0) is 29.9. The Morgan fingerprint density at radius 2 is 2.00 bits per heavy atom. The maximum Gasteiger partial charge on any atom is 0.283 e. The third kappa shape index (κ3) is 5.84. The van der Waals surface area contributed by atoms with Crippen LogP contribution < -0.4 is 15.0 Å². The number of ether oxygens (including phenoxy) is 1. The van der Waals surface area contributed by atoms with Crippen LogP contribution in [-0.2, 0) is 18.2 Å². The molecular formula is C29H33FN6O2. The van der Waals surface area contributed by atoms with Gasteiger partial charge in [0.05, 0.1) is 24.2 Å². The molecule has 0 fully saturated rings. The van der Waals surface area contributed by atoms with E-state index in [2.05, 4.69) is 16.9 Å². The Labute approximate surface area is 226 Å². The van der Waals surface area contributed by atoms with Gasteiger partial charge in [0.2, 0.25) is 0 Å². The van der Waals surface area contributed by atoms with Crippen molar-refractivity contribution in [2.45, 2.75) is 6.42 Å². The summed E-state index contributed by atoms with van der Waals surface area (Å²) in [5.74, 6) is -1.04. The lowest BCUT2D eigenvalue weighted by atomic mass is 10.1. The van der Waals surface area contributed by atoms with Crippen molar-refractivity contribution in [3.8, 4) is 17.0 Å². The van der Waals surface area contributed by atoms with Crippen LogP contribution in [0, 0.1) is 0 Å². The standard InChI is InChI=1S/C29H33FN6O2/c1-19(30)29(37)33-24-15-20(27(38-6)17-26(24)35(4)14-13-34(2)3)16-28-31-12-11-23(32-28)22-18-36(5)25-10-8-7-9-21(22)25/h7-12,15,17-18H,1,13-14,16H2,2-6H3,(H,33,37)/i5D3. The zero-order valence-corrected chi connectivity index (χ0v) is 22.0. The van der Waals surface area contributed by atoms with Gasteiger partial charge >= 0.3 is 0 Å². The summed E-state index contributed by atoms with van der Waals surface area (Å²) < 4.78 is 44.4. The van der Waals surface area contributed by atoms with E-state index in [0.29, 0.717) is 51.8 Å². The molecule has 198 valence electrons. The molecule has 4 aromatic rings. The molecule has 0 radical (unpaired) electrons. The number of halogens is 1. The predicted octanol–water partition coefficient (Wildman–Crippen LogP) is 4.65. The molecule has 0 saturated carbocycles. The first-order valence-corrected chi connectivity index (χ1v) is 12.0. The summed E-state index contributed by atoms with van der Waals surface area (Å²) in [5, 5.41) is 3.37. The van der Waals surface area contributed by atoms with Crippen LogP contribution in [0.25, 0.3) is 22.2 Å². The van der Waals surface area contributed by atoms with Crippen molar-refractivity contribution in [1.29, 1.82) is 0 Å². The maximum atomic E-state index is 13.6. The van der Waals surface area contributed by atoms with Crippen molar-refractivity contribution in [2.24, 2.45) is 6.98 Å². The Morgan fingerprint density at radius 1 is 1.21 bits per heavy atom. The maximum absolute atomic E-state index is 13.6. The van der Waals surface area contributed by atoms with E-state index in [-0.39, 0.29) is 6.42 Å². The lowest BCUT2D eigenvalue weighted by molar-refractivity contribution is -0.114. The fraction of sp³-hybridized carbons (Fsp3) is 0.276. The van der Waals surface area contributed by atoms with Gasteiger partial charge in [-0.1, -0.05) is 24.8 Å². The topological polar surface area (TPSA) is 75.5 Å². The van der Waals surface area contributed by atoms with Crippen LogP contribution in [0.5, 0.6) is 5.75 Å². The van der Waals surface area contributed by atoms with Crippen LogP contribution >= 0.6 is 0 Å². The van der Waals surface area contributed by atoms with Gasteiger partial charge in [-0.05, 0) is 32.3 Å². The highest BCUT2D eigenvalue weighted by molar-refractivity contribution is 6.04. The summed E-state index contributed by atoms with van der Waals surface area (Å²) in [6, 6.07) is 12.5. The number of amides is 1. The molecule has 0 aliphatic heterocycles. The number of anilines is 2. The molecule has 2 heterocycles. The highest BCUT2D eigenvalue weighted by Crippen LogP contribution is 2.35. The molecule has 0 aliphatic rings. The Kier molecular flexibility index (Phi) is 6.90. The smallest absolute Gasteiger partial charge is 0.283 e. The van der Waals surface area contributed by atoms with Crippen LogP contribution in [0.3, 0.4) is 0 Å². The number of nitrogens with zero attached hydrogens (tertiary/aromatic N) is 5. The molecule has 1 N–H and O–H groups in total. The molecule has 0 spiro atoms. The lowest BCUT2D eigenvalue weighted by Crippen LogP contribution is -2.29. The number of para-hydroxylation sites is 1. The fourth-order valence-electron chi connectivity index (χ4n) is 4.21. The van der Waals surface area contributed by atoms with Crippen LogP contribution in [0.2, 0.25) is 0 Å². The van der Waals surface area contributed by atoms with Gasteiger partial charge in [-0.25, -0.2) is 14.4 Å². The third-order valence-corrected chi connectivity index (χ3v) is 6.23. The number of likely N-dealkylation sites (N-methyl/N-ethyl adjacent to an activating group) is 2. The first-order chi connectivity index (χ1) is 19.4. The van der Waals surface area contributed by atoms with E-state index in [9.17, 15) is 9.18 Å². The molecule has 9 heteroatoms. The highest BCUT2D eigenvalue weighted by Gasteiger charge is 2.19. The third-order valence-electron chi connectivity index (χ3n) is 6.23. The van der Waals surface area contributed by atoms with Gasteiger partial charge in [0.15, 0.2) is 5.83 Å². The van der Waals surface area contributed by atoms with Gasteiger partial charge in [-0.15, -0.1) is 0 Å². The Morgan fingerprint density at radius 3 is 2.71 bits per heavy atom. The van der Waals surface area contributed by atoms with Crippen molar-refractivity contribution in [3.63, 3.8) is 0 Å². The van der Waals surface area contributed by atoms with Crippen molar-refractivity contribution < 1.29 is 18.0 Å². The summed E-state index contributed by atoms with van der Waals surface area (Å²) in [5.41, 5.74) is 3.51. The van der Waals surface area contributed by atoms with Crippen molar-refractivity contribution in [2.75, 3.05) is 51.6 Å². The normalized spacial score (nSPS) is 12.6. The van der Waals surface area contributed by atoms with Crippen LogP contribution in [0.4, 0.5) is 15.8 Å². The number of hydrogen-bond donors (Lipinski definition) is 1. The number of carbonyl (C=O) groups excluding carboxylic acids is 1. The Balaban J connectivity index is 1.74. The molecular weight excluding hydrogens is 483 g/mol. The molecule has 4 rings (SSSR count). The minimum atomic E-state index is -2.35. The van der Waals surface area contributed by atoms with E-state index in [4.69, 9.17) is 13.8 Å². The number of benzene rings is 2. The van der Waals surface area contributed by atoms with E-state index in [1.807, 2.05) is 43.1 Å². The molecule has 1 amide bonds. The highest BCUT2D eigenvalue weighted by atomic mass is 19.1. The average molecular weight is 520 g/mol. The first-order valence-electron chi connectivity index (χ1n) is 13.5. The van der Waals surface area contributed by atoms with Crippen molar-refractivity contribution in [3.05, 3.63) is 78.7 Å². The molecule has 0 unspecified atom stereocenters. The molecule has 0 saturated heterocycles. The minimum absolute atomic E-state index is 0.232. The van der Waals surface area contributed by atoms with Gasteiger partial charge < -0.3 is 24.4 Å². The van der Waals surface area contributed by atoms with Gasteiger partial charge in [0, 0.05) is 78.1 Å². The van der Waals surface area contributed by atoms with Crippen molar-refractivity contribution >= 4 is 28.2 Å². The molecule has 8 nitrogen and oxygen atoms in total. The molecule has 2 aromatic heterocycles. The molecule has 0 aliphatic carbocycles. The number of carbonyl (C=O) groups is 1. The van der Waals surface area contributed by atoms with E-state index in [1.54, 1.807) is 49.8 Å². The first kappa shape index (κ1) is 22.9. The second-order valence-electron chi connectivity index (χ2n) is 9.23. The average Bonchev–Trinajstić information content (AvgIpc) is 3.32. The largest absolute Gasteiger partial charge is 0.496 e. The number of fused-ring (bicyclic) bond motifs is 1. The number of rotatable bonds is 10. The summed E-state index contributed by atoms with van der Waals surface area (Å²) in [7, 11) is 7.34. The van der Waals surface area contributed by atoms with E-state index in [0.717, 1.165) is 11.9 Å². The van der Waals surface area contributed by atoms with Gasteiger partial charge in [0.25, 0.3) is 5.91 Å².